The average molecular weight is 347 g/mol. The van der Waals surface area contributed by atoms with E-state index in [0.717, 1.165) is 18.9 Å². The molecule has 0 bridgehead atoms. The van der Waals surface area contributed by atoms with Crippen molar-refractivity contribution in [3.8, 4) is 0 Å². The number of nitro benzene ring substituents is 1. The zero-order valence-electron chi connectivity index (χ0n) is 11.7. The Morgan fingerprint density at radius 3 is 2.68 bits per heavy atom. The maximum absolute atomic E-state index is 12.2. The first-order chi connectivity index (χ1) is 10.2. The number of benzene rings is 1. The van der Waals surface area contributed by atoms with Crippen LogP contribution in [0.2, 0.25) is 0 Å². The second-order valence-electron chi connectivity index (χ2n) is 4.98. The molecule has 0 amide bonds. The Labute approximate surface area is 132 Å². The molecule has 0 spiro atoms. The van der Waals surface area contributed by atoms with Gasteiger partial charge in [-0.05, 0) is 25.8 Å². The number of rotatable bonds is 6. The van der Waals surface area contributed by atoms with Crippen LogP contribution in [0.3, 0.4) is 0 Å². The molecular weight excluding hydrogens is 332 g/mol. The number of alkyl halides is 1. The van der Waals surface area contributed by atoms with Crippen molar-refractivity contribution in [2.45, 2.75) is 30.7 Å². The topological polar surface area (TPSA) is 128 Å². The Balaban J connectivity index is 2.57. The van der Waals surface area contributed by atoms with Crippen LogP contribution in [0.4, 0.5) is 11.4 Å². The van der Waals surface area contributed by atoms with Crippen molar-refractivity contribution in [2.75, 3.05) is 5.88 Å². The zero-order valence-corrected chi connectivity index (χ0v) is 13.3. The van der Waals surface area contributed by atoms with E-state index in [-0.39, 0.29) is 39.6 Å². The van der Waals surface area contributed by atoms with Gasteiger partial charge in [0.05, 0.1) is 26.9 Å². The molecule has 0 saturated heterocycles. The molecule has 10 heteroatoms. The third kappa shape index (κ3) is 3.73. The summed E-state index contributed by atoms with van der Waals surface area (Å²) < 4.78 is 26.9. The maximum Gasteiger partial charge on any atom is 0.275 e. The summed E-state index contributed by atoms with van der Waals surface area (Å²) in [6.07, 6.45) is 1.52. The van der Waals surface area contributed by atoms with Crippen molar-refractivity contribution in [2.24, 2.45) is 10.7 Å². The van der Waals surface area contributed by atoms with Crippen molar-refractivity contribution in [3.05, 3.63) is 27.8 Å². The van der Waals surface area contributed by atoms with Gasteiger partial charge in [0, 0.05) is 12.1 Å². The van der Waals surface area contributed by atoms with Gasteiger partial charge in [0.15, 0.2) is 0 Å². The highest BCUT2D eigenvalue weighted by Gasteiger charge is 2.30. The van der Waals surface area contributed by atoms with Crippen LogP contribution in [0, 0.1) is 17.0 Å². The molecule has 1 aliphatic rings. The minimum atomic E-state index is -3.83. The smallest absolute Gasteiger partial charge is 0.275 e. The van der Waals surface area contributed by atoms with Gasteiger partial charge in [0.1, 0.15) is 5.84 Å². The fraction of sp³-hybridized carbons (Fsp3) is 0.417. The zero-order chi connectivity index (χ0) is 16.5. The molecule has 3 N–H and O–H groups in total. The van der Waals surface area contributed by atoms with Gasteiger partial charge >= 0.3 is 0 Å². The maximum atomic E-state index is 12.2. The standard InChI is InChI=1S/C12H15ClN4O4S/c1-7-10(15-12(14)6-13)4-9(5-11(7)17(18)19)22(20,21)16-8-2-3-8/h4-5,8,16H,2-3,6H2,1H3,(H2,14,15). The Morgan fingerprint density at radius 1 is 1.55 bits per heavy atom. The lowest BCUT2D eigenvalue weighted by molar-refractivity contribution is -0.385. The molecule has 0 heterocycles. The van der Waals surface area contributed by atoms with Gasteiger partial charge in [-0.1, -0.05) is 0 Å². The number of aliphatic imine (C=N–C) groups is 1. The molecule has 1 aromatic rings. The van der Waals surface area contributed by atoms with Gasteiger partial charge in [0.25, 0.3) is 5.69 Å². The Kier molecular flexibility index (Phi) is 4.69. The van der Waals surface area contributed by atoms with Gasteiger partial charge in [-0.25, -0.2) is 18.1 Å². The highest BCUT2D eigenvalue weighted by atomic mass is 35.5. The number of nitrogens with two attached hydrogens (primary N) is 1. The lowest BCUT2D eigenvalue weighted by Crippen LogP contribution is -2.25. The largest absolute Gasteiger partial charge is 0.386 e. The predicted molar refractivity (Wildman–Crippen MR) is 83.2 cm³/mol. The van der Waals surface area contributed by atoms with E-state index in [0.29, 0.717) is 0 Å². The van der Waals surface area contributed by atoms with E-state index in [4.69, 9.17) is 17.3 Å². The second kappa shape index (κ2) is 6.19. The summed E-state index contributed by atoms with van der Waals surface area (Å²) in [6.45, 7) is 1.48. The van der Waals surface area contributed by atoms with E-state index in [1.807, 2.05) is 0 Å². The molecule has 120 valence electrons. The van der Waals surface area contributed by atoms with Crippen LogP contribution in [0.1, 0.15) is 18.4 Å². The van der Waals surface area contributed by atoms with E-state index < -0.39 is 14.9 Å². The van der Waals surface area contributed by atoms with Crippen LogP contribution in [0.15, 0.2) is 22.0 Å². The SMILES string of the molecule is Cc1c(N=C(N)CCl)cc(S(=O)(=O)NC2CC2)cc1[N+](=O)[O-]. The predicted octanol–water partition coefficient (Wildman–Crippen LogP) is 1.57. The lowest BCUT2D eigenvalue weighted by atomic mass is 10.1. The molecule has 1 aliphatic carbocycles. The molecular formula is C12H15ClN4O4S. The molecule has 1 fully saturated rings. The molecule has 0 unspecified atom stereocenters. The van der Waals surface area contributed by atoms with Gasteiger partial charge in [-0.3, -0.25) is 10.1 Å². The summed E-state index contributed by atoms with van der Waals surface area (Å²) in [7, 11) is -3.83. The summed E-state index contributed by atoms with van der Waals surface area (Å²) in [5.41, 5.74) is 5.54. The number of nitrogens with one attached hydrogen (secondary N) is 1. The molecule has 0 aromatic heterocycles. The van der Waals surface area contributed by atoms with Crippen LogP contribution in [-0.2, 0) is 10.0 Å². The van der Waals surface area contributed by atoms with Gasteiger partial charge in [-0.15, -0.1) is 11.6 Å². The Bertz CT molecular complexity index is 744. The minimum Gasteiger partial charge on any atom is -0.386 e. The molecule has 0 atom stereocenters. The number of nitro groups is 1. The first-order valence-corrected chi connectivity index (χ1v) is 8.46. The minimum absolute atomic E-state index is 0.0452. The van der Waals surface area contributed by atoms with Crippen LogP contribution < -0.4 is 10.5 Å². The van der Waals surface area contributed by atoms with E-state index >= 15 is 0 Å². The van der Waals surface area contributed by atoms with Gasteiger partial charge in [0.2, 0.25) is 10.0 Å². The van der Waals surface area contributed by atoms with E-state index in [9.17, 15) is 18.5 Å². The number of halogens is 1. The number of sulfonamides is 1. The van der Waals surface area contributed by atoms with Crippen molar-refractivity contribution in [3.63, 3.8) is 0 Å². The van der Waals surface area contributed by atoms with Crippen molar-refractivity contribution in [1.29, 1.82) is 0 Å². The molecule has 0 radical (unpaired) electrons. The fourth-order valence-electron chi connectivity index (χ4n) is 1.79. The second-order valence-corrected chi connectivity index (χ2v) is 6.96. The van der Waals surface area contributed by atoms with Crippen LogP contribution in [0.25, 0.3) is 0 Å². The highest BCUT2D eigenvalue weighted by molar-refractivity contribution is 7.89. The molecule has 1 aromatic carbocycles. The molecule has 0 aliphatic heterocycles. The number of hydrogen-bond acceptors (Lipinski definition) is 5. The average Bonchev–Trinajstić information content (AvgIpc) is 3.23. The van der Waals surface area contributed by atoms with Crippen molar-refractivity contribution >= 4 is 38.8 Å². The molecule has 8 nitrogen and oxygen atoms in total. The highest BCUT2D eigenvalue weighted by Crippen LogP contribution is 2.32. The summed E-state index contributed by atoms with van der Waals surface area (Å²) in [5.74, 6) is -0.0198. The normalized spacial score (nSPS) is 15.8. The number of nitrogens with zero attached hydrogens (tertiary/aromatic N) is 2. The number of amidine groups is 1. The lowest BCUT2D eigenvalue weighted by Gasteiger charge is -2.09. The quantitative estimate of drug-likeness (QED) is 0.265. The summed E-state index contributed by atoms with van der Waals surface area (Å²) in [6, 6.07) is 2.17. The van der Waals surface area contributed by atoms with Crippen LogP contribution >= 0.6 is 11.6 Å². The number of hydrogen-bond donors (Lipinski definition) is 2. The van der Waals surface area contributed by atoms with Crippen molar-refractivity contribution < 1.29 is 13.3 Å². The third-order valence-electron chi connectivity index (χ3n) is 3.13. The summed E-state index contributed by atoms with van der Waals surface area (Å²) >= 11 is 5.54. The van der Waals surface area contributed by atoms with E-state index in [2.05, 4.69) is 9.71 Å². The first-order valence-electron chi connectivity index (χ1n) is 6.45. The van der Waals surface area contributed by atoms with E-state index in [1.54, 1.807) is 0 Å². The summed E-state index contributed by atoms with van der Waals surface area (Å²) in [5, 5.41) is 11.1. The molecule has 22 heavy (non-hydrogen) atoms. The van der Waals surface area contributed by atoms with Crippen molar-refractivity contribution in [1.82, 2.24) is 4.72 Å². The van der Waals surface area contributed by atoms with E-state index in [1.165, 1.54) is 13.0 Å². The third-order valence-corrected chi connectivity index (χ3v) is 4.91. The summed E-state index contributed by atoms with van der Waals surface area (Å²) in [4.78, 5) is 14.2. The Morgan fingerprint density at radius 2 is 2.18 bits per heavy atom. The molecule has 2 rings (SSSR count). The molecule has 1 saturated carbocycles. The Hall–Kier alpha value is -1.71. The van der Waals surface area contributed by atoms with Crippen LogP contribution in [-0.4, -0.2) is 31.1 Å². The van der Waals surface area contributed by atoms with Gasteiger partial charge < -0.3 is 5.73 Å². The first kappa shape index (κ1) is 16.7. The monoisotopic (exact) mass is 346 g/mol. The van der Waals surface area contributed by atoms with Crippen LogP contribution in [0.5, 0.6) is 0 Å². The van der Waals surface area contributed by atoms with Gasteiger partial charge in [-0.2, -0.15) is 0 Å². The fourth-order valence-corrected chi connectivity index (χ4v) is 3.20.